The molecule has 0 aliphatic carbocycles. The highest BCUT2D eigenvalue weighted by Gasteiger charge is 2.23. The van der Waals surface area contributed by atoms with Gasteiger partial charge < -0.3 is 11.1 Å². The molecule has 0 saturated heterocycles. The summed E-state index contributed by atoms with van der Waals surface area (Å²) in [5, 5.41) is 11.5. The Morgan fingerprint density at radius 2 is 1.50 bits per heavy atom. The van der Waals surface area contributed by atoms with Crippen LogP contribution < -0.4 is 16.2 Å². The van der Waals surface area contributed by atoms with Crippen LogP contribution in [-0.2, 0) is 20.4 Å². The van der Waals surface area contributed by atoms with E-state index in [1.165, 1.54) is 24.3 Å². The van der Waals surface area contributed by atoms with E-state index in [1.54, 1.807) is 0 Å². The van der Waals surface area contributed by atoms with Crippen LogP contribution in [0, 0.1) is 11.6 Å². The number of aromatic nitrogens is 3. The van der Waals surface area contributed by atoms with Gasteiger partial charge in [0.05, 0.1) is 4.90 Å². The Bertz CT molecular complexity index is 1330. The number of nitrogens with one attached hydrogen (secondary N) is 1. The SMILES string of the molecule is Nc1nc(Nc2ccc(S(N)(=O)=O)cc2)nn1C(=O)c1c(F)cccc1F.O=S(=O)(O)O. The lowest BCUT2D eigenvalue weighted by atomic mass is 10.2. The molecule has 3 rings (SSSR count). The van der Waals surface area contributed by atoms with Gasteiger partial charge >= 0.3 is 10.4 Å². The summed E-state index contributed by atoms with van der Waals surface area (Å²) in [5.41, 5.74) is 5.15. The summed E-state index contributed by atoms with van der Waals surface area (Å²) in [6, 6.07) is 8.23. The molecule has 0 bridgehead atoms. The lowest BCUT2D eigenvalue weighted by Crippen LogP contribution is -2.19. The minimum atomic E-state index is -4.67. The van der Waals surface area contributed by atoms with Gasteiger partial charge in [0.1, 0.15) is 17.2 Å². The number of carbonyl (C=O) groups is 1. The molecule has 0 amide bonds. The summed E-state index contributed by atoms with van der Waals surface area (Å²) in [6.07, 6.45) is 0. The van der Waals surface area contributed by atoms with Crippen LogP contribution in [0.3, 0.4) is 0 Å². The molecule has 1 heterocycles. The van der Waals surface area contributed by atoms with Crippen molar-refractivity contribution >= 4 is 43.9 Å². The highest BCUT2D eigenvalue weighted by Crippen LogP contribution is 2.19. The van der Waals surface area contributed by atoms with Crippen LogP contribution in [0.2, 0.25) is 0 Å². The average Bonchev–Trinajstić information content (AvgIpc) is 3.00. The van der Waals surface area contributed by atoms with Gasteiger partial charge in [-0.05, 0) is 36.4 Å². The predicted molar refractivity (Wildman–Crippen MR) is 106 cm³/mol. The van der Waals surface area contributed by atoms with Crippen molar-refractivity contribution in [3.8, 4) is 0 Å². The average molecular weight is 492 g/mol. The fourth-order valence-corrected chi connectivity index (χ4v) is 2.71. The normalized spacial score (nSPS) is 11.4. The Kier molecular flexibility index (Phi) is 7.21. The zero-order valence-electron chi connectivity index (χ0n) is 15.5. The van der Waals surface area contributed by atoms with Crippen molar-refractivity contribution in [2.45, 2.75) is 4.90 Å². The van der Waals surface area contributed by atoms with Gasteiger partial charge in [0.15, 0.2) is 0 Å². The molecule has 0 spiro atoms. The van der Waals surface area contributed by atoms with E-state index < -0.39 is 49.5 Å². The van der Waals surface area contributed by atoms with E-state index in [-0.39, 0.29) is 10.8 Å². The molecule has 1 aromatic heterocycles. The van der Waals surface area contributed by atoms with Crippen molar-refractivity contribution < 1.29 is 39.5 Å². The molecule has 0 radical (unpaired) electrons. The van der Waals surface area contributed by atoms with E-state index in [1.807, 2.05) is 0 Å². The first-order valence-corrected chi connectivity index (χ1v) is 10.9. The van der Waals surface area contributed by atoms with E-state index in [2.05, 4.69) is 15.4 Å². The molecule has 3 aromatic rings. The fourth-order valence-electron chi connectivity index (χ4n) is 2.19. The van der Waals surface area contributed by atoms with E-state index in [4.69, 9.17) is 28.4 Å². The summed E-state index contributed by atoms with van der Waals surface area (Å²) in [7, 11) is -8.51. The largest absolute Gasteiger partial charge is 0.394 e. The summed E-state index contributed by atoms with van der Waals surface area (Å²) in [5.74, 6) is -3.80. The quantitative estimate of drug-likeness (QED) is 0.317. The lowest BCUT2D eigenvalue weighted by Gasteiger charge is -2.04. The Morgan fingerprint density at radius 1 is 1.00 bits per heavy atom. The first-order chi connectivity index (χ1) is 14.7. The number of benzene rings is 2. The Balaban J connectivity index is 0.000000654. The van der Waals surface area contributed by atoms with Crippen molar-refractivity contribution in [2.24, 2.45) is 5.14 Å². The zero-order chi connectivity index (χ0) is 24.3. The van der Waals surface area contributed by atoms with Crippen LogP contribution in [0.15, 0.2) is 47.4 Å². The van der Waals surface area contributed by atoms with Crippen LogP contribution in [0.4, 0.5) is 26.4 Å². The number of nitrogens with two attached hydrogens (primary N) is 2. The minimum Gasteiger partial charge on any atom is -0.368 e. The third-order valence-corrected chi connectivity index (χ3v) is 4.37. The number of halogens is 2. The zero-order valence-corrected chi connectivity index (χ0v) is 17.2. The highest BCUT2D eigenvalue weighted by atomic mass is 32.3. The predicted octanol–water partition coefficient (Wildman–Crippen LogP) is 0.565. The van der Waals surface area contributed by atoms with Gasteiger partial charge in [-0.25, -0.2) is 22.3 Å². The number of hydrogen-bond donors (Lipinski definition) is 5. The maximum absolute atomic E-state index is 13.8. The second kappa shape index (κ2) is 9.32. The lowest BCUT2D eigenvalue weighted by molar-refractivity contribution is 0.0939. The van der Waals surface area contributed by atoms with Crippen molar-refractivity contribution in [2.75, 3.05) is 11.1 Å². The first-order valence-electron chi connectivity index (χ1n) is 7.98. The number of nitrogen functional groups attached to an aromatic ring is 1. The smallest absolute Gasteiger partial charge is 0.368 e. The molecule has 0 atom stereocenters. The monoisotopic (exact) mass is 492 g/mol. The minimum absolute atomic E-state index is 0.101. The van der Waals surface area contributed by atoms with Gasteiger partial charge in [-0.15, -0.1) is 5.10 Å². The molecule has 7 N–H and O–H groups in total. The maximum Gasteiger partial charge on any atom is 0.394 e. The summed E-state index contributed by atoms with van der Waals surface area (Å²) in [6.45, 7) is 0. The molecule has 32 heavy (non-hydrogen) atoms. The molecule has 0 saturated carbocycles. The highest BCUT2D eigenvalue weighted by molar-refractivity contribution is 7.89. The Morgan fingerprint density at radius 3 is 1.97 bits per heavy atom. The molecule has 0 aliphatic heterocycles. The number of carbonyl (C=O) groups excluding carboxylic acids is 1. The van der Waals surface area contributed by atoms with E-state index in [0.29, 0.717) is 10.4 Å². The number of hydrogen-bond acceptors (Lipinski definition) is 9. The fraction of sp³-hybridized carbons (Fsp3) is 0. The molecule has 0 fully saturated rings. The third kappa shape index (κ3) is 6.75. The van der Waals surface area contributed by atoms with Gasteiger partial charge in [0, 0.05) is 5.69 Å². The van der Waals surface area contributed by atoms with Crippen LogP contribution in [0.25, 0.3) is 0 Å². The summed E-state index contributed by atoms with van der Waals surface area (Å²) in [4.78, 5) is 16.0. The Hall–Kier alpha value is -3.51. The summed E-state index contributed by atoms with van der Waals surface area (Å²) >= 11 is 0. The molecular weight excluding hydrogens is 478 g/mol. The van der Waals surface area contributed by atoms with E-state index in [0.717, 1.165) is 18.2 Å². The van der Waals surface area contributed by atoms with Crippen molar-refractivity contribution in [1.82, 2.24) is 14.8 Å². The molecule has 0 unspecified atom stereocenters. The maximum atomic E-state index is 13.8. The number of nitrogens with zero attached hydrogens (tertiary/aromatic N) is 3. The number of rotatable bonds is 4. The van der Waals surface area contributed by atoms with Crippen LogP contribution in [-0.4, -0.2) is 46.6 Å². The standard InChI is InChI=1S/C15H12F2N6O3S.H2O4S/c16-10-2-1-3-11(17)12(10)13(24)23-14(18)21-15(22-23)20-8-4-6-9(7-5-8)27(19,25)26;1-5(2,3)4/h1-7H,(H2,19,25,26)(H3,18,20,21,22);(H2,1,2,3,4). The van der Waals surface area contributed by atoms with Gasteiger partial charge in [-0.3, -0.25) is 13.9 Å². The molecule has 2 aromatic carbocycles. The second-order valence-electron chi connectivity index (χ2n) is 5.75. The molecule has 0 aliphatic rings. The molecule has 17 heteroatoms. The van der Waals surface area contributed by atoms with Crippen molar-refractivity contribution in [1.29, 1.82) is 0 Å². The first kappa shape index (κ1) is 24.8. The number of anilines is 3. The van der Waals surface area contributed by atoms with Gasteiger partial charge in [0.25, 0.3) is 5.91 Å². The topological polar surface area (TPSA) is 221 Å². The number of sulfonamides is 1. The van der Waals surface area contributed by atoms with Crippen LogP contribution >= 0.6 is 0 Å². The molecule has 13 nitrogen and oxygen atoms in total. The van der Waals surface area contributed by atoms with Gasteiger partial charge in [-0.2, -0.15) is 18.1 Å². The molecule has 172 valence electrons. The third-order valence-electron chi connectivity index (χ3n) is 3.44. The van der Waals surface area contributed by atoms with E-state index >= 15 is 0 Å². The Labute approximate surface area is 179 Å². The molecular formula is C15H14F2N6O7S2. The second-order valence-corrected chi connectivity index (χ2v) is 8.21. The van der Waals surface area contributed by atoms with Crippen molar-refractivity contribution in [3.63, 3.8) is 0 Å². The van der Waals surface area contributed by atoms with E-state index in [9.17, 15) is 22.0 Å². The summed E-state index contributed by atoms with van der Waals surface area (Å²) < 4.78 is 82.1. The van der Waals surface area contributed by atoms with Crippen molar-refractivity contribution in [3.05, 3.63) is 59.7 Å². The van der Waals surface area contributed by atoms with Crippen LogP contribution in [0.1, 0.15) is 10.4 Å². The number of primary sulfonamides is 1. The van der Waals surface area contributed by atoms with Crippen LogP contribution in [0.5, 0.6) is 0 Å². The van der Waals surface area contributed by atoms with Gasteiger partial charge in [-0.1, -0.05) is 6.07 Å². The van der Waals surface area contributed by atoms with Gasteiger partial charge in [0.2, 0.25) is 21.9 Å².